The maximum Gasteiger partial charge on any atom is 0.161 e. The highest BCUT2D eigenvalue weighted by molar-refractivity contribution is 5.75. The number of H-pyrrole nitrogens is 1. The zero-order valence-electron chi connectivity index (χ0n) is 9.35. The lowest BCUT2D eigenvalue weighted by molar-refractivity contribution is 0.510. The lowest BCUT2D eigenvalue weighted by atomic mass is 10.1. The summed E-state index contributed by atoms with van der Waals surface area (Å²) < 4.78 is 26.0. The number of nitrogens with zero attached hydrogens (tertiary/aromatic N) is 1. The molecule has 1 heterocycles. The quantitative estimate of drug-likeness (QED) is 0.845. The van der Waals surface area contributed by atoms with Gasteiger partial charge in [-0.1, -0.05) is 20.3 Å². The van der Waals surface area contributed by atoms with E-state index in [-0.39, 0.29) is 5.92 Å². The van der Waals surface area contributed by atoms with Crippen LogP contribution in [0.1, 0.15) is 38.4 Å². The summed E-state index contributed by atoms with van der Waals surface area (Å²) in [7, 11) is 0. The van der Waals surface area contributed by atoms with Gasteiger partial charge in [0.25, 0.3) is 0 Å². The van der Waals surface area contributed by atoms with Gasteiger partial charge in [-0.2, -0.15) is 0 Å². The molecule has 16 heavy (non-hydrogen) atoms. The molecule has 1 atom stereocenters. The number of aromatic amines is 1. The van der Waals surface area contributed by atoms with Crippen LogP contribution < -0.4 is 0 Å². The molecule has 0 amide bonds. The predicted octanol–water partition coefficient (Wildman–Crippen LogP) is 3.74. The molecule has 1 unspecified atom stereocenters. The zero-order chi connectivity index (χ0) is 11.7. The van der Waals surface area contributed by atoms with Gasteiger partial charge in [-0.3, -0.25) is 0 Å². The zero-order valence-corrected chi connectivity index (χ0v) is 9.35. The Labute approximate surface area is 92.7 Å². The molecule has 1 aromatic heterocycles. The highest BCUT2D eigenvalue weighted by Gasteiger charge is 2.12. The predicted molar refractivity (Wildman–Crippen MR) is 59.3 cm³/mol. The largest absolute Gasteiger partial charge is 0.342 e. The van der Waals surface area contributed by atoms with Crippen molar-refractivity contribution >= 4 is 11.0 Å². The maximum atomic E-state index is 13.0. The van der Waals surface area contributed by atoms with Crippen LogP contribution in [0.4, 0.5) is 8.78 Å². The van der Waals surface area contributed by atoms with Gasteiger partial charge in [-0.15, -0.1) is 0 Å². The van der Waals surface area contributed by atoms with Crippen molar-refractivity contribution in [2.75, 3.05) is 0 Å². The Kier molecular flexibility index (Phi) is 2.90. The van der Waals surface area contributed by atoms with E-state index in [0.29, 0.717) is 11.0 Å². The van der Waals surface area contributed by atoms with E-state index >= 15 is 0 Å². The van der Waals surface area contributed by atoms with Gasteiger partial charge in [0.2, 0.25) is 0 Å². The van der Waals surface area contributed by atoms with Crippen molar-refractivity contribution in [3.05, 3.63) is 29.6 Å². The molecule has 2 aromatic rings. The number of hydrogen-bond donors (Lipinski definition) is 1. The fourth-order valence-electron chi connectivity index (χ4n) is 1.83. The number of halogens is 2. The first-order valence-corrected chi connectivity index (χ1v) is 5.46. The molecule has 0 spiro atoms. The van der Waals surface area contributed by atoms with Gasteiger partial charge in [0, 0.05) is 18.1 Å². The number of nitrogens with one attached hydrogen (secondary N) is 1. The summed E-state index contributed by atoms with van der Waals surface area (Å²) in [6, 6.07) is 2.28. The van der Waals surface area contributed by atoms with Crippen LogP contribution in [0.5, 0.6) is 0 Å². The SMILES string of the molecule is CCCC(C)c1nc2cc(F)c(F)cc2[nH]1. The Bertz CT molecular complexity index is 466. The fraction of sp³-hybridized carbons (Fsp3) is 0.417. The van der Waals surface area contributed by atoms with Gasteiger partial charge >= 0.3 is 0 Å². The molecule has 2 nitrogen and oxygen atoms in total. The minimum atomic E-state index is -0.853. The highest BCUT2D eigenvalue weighted by atomic mass is 19.2. The van der Waals surface area contributed by atoms with Crippen molar-refractivity contribution in [3.63, 3.8) is 0 Å². The normalized spacial score (nSPS) is 13.2. The first kappa shape index (κ1) is 11.0. The number of imidazole rings is 1. The van der Waals surface area contributed by atoms with Crippen molar-refractivity contribution in [1.29, 1.82) is 0 Å². The van der Waals surface area contributed by atoms with E-state index < -0.39 is 11.6 Å². The maximum absolute atomic E-state index is 13.0. The third-order valence-corrected chi connectivity index (χ3v) is 2.73. The molecule has 0 saturated heterocycles. The number of aromatic nitrogens is 2. The number of rotatable bonds is 3. The third-order valence-electron chi connectivity index (χ3n) is 2.73. The van der Waals surface area contributed by atoms with Gasteiger partial charge in [0.15, 0.2) is 11.6 Å². The lowest BCUT2D eigenvalue weighted by Crippen LogP contribution is -1.94. The topological polar surface area (TPSA) is 28.7 Å². The first-order chi connectivity index (χ1) is 7.61. The summed E-state index contributed by atoms with van der Waals surface area (Å²) >= 11 is 0. The van der Waals surface area contributed by atoms with E-state index in [9.17, 15) is 8.78 Å². The Morgan fingerprint density at radius 1 is 1.31 bits per heavy atom. The minimum Gasteiger partial charge on any atom is -0.342 e. The van der Waals surface area contributed by atoms with Crippen LogP contribution in [0.2, 0.25) is 0 Å². The molecule has 0 bridgehead atoms. The monoisotopic (exact) mass is 224 g/mol. The summed E-state index contributed by atoms with van der Waals surface area (Å²) in [5.74, 6) is -0.620. The van der Waals surface area contributed by atoms with Gasteiger partial charge in [0.1, 0.15) is 5.82 Å². The second kappa shape index (κ2) is 4.20. The van der Waals surface area contributed by atoms with Crippen LogP contribution >= 0.6 is 0 Å². The molecular weight excluding hydrogens is 210 g/mol. The van der Waals surface area contributed by atoms with E-state index in [1.807, 2.05) is 6.92 Å². The second-order valence-electron chi connectivity index (χ2n) is 4.10. The van der Waals surface area contributed by atoms with Gasteiger partial charge < -0.3 is 4.98 Å². The van der Waals surface area contributed by atoms with Crippen LogP contribution in [0, 0.1) is 11.6 Å². The van der Waals surface area contributed by atoms with E-state index in [0.717, 1.165) is 30.8 Å². The smallest absolute Gasteiger partial charge is 0.161 e. The van der Waals surface area contributed by atoms with Crippen molar-refractivity contribution < 1.29 is 8.78 Å². The molecule has 0 aliphatic heterocycles. The summed E-state index contributed by atoms with van der Waals surface area (Å²) in [4.78, 5) is 7.30. The lowest BCUT2D eigenvalue weighted by Gasteiger charge is -2.04. The standard InChI is InChI=1S/C12H14F2N2/c1-3-4-7(2)12-15-10-5-8(13)9(14)6-11(10)16-12/h5-7H,3-4H2,1-2H3,(H,15,16). The van der Waals surface area contributed by atoms with Crippen LogP contribution in [-0.2, 0) is 0 Å². The van der Waals surface area contributed by atoms with E-state index in [4.69, 9.17) is 0 Å². The minimum absolute atomic E-state index is 0.281. The number of fused-ring (bicyclic) bond motifs is 1. The molecule has 0 radical (unpaired) electrons. The van der Waals surface area contributed by atoms with Crippen LogP contribution in [0.15, 0.2) is 12.1 Å². The molecule has 4 heteroatoms. The molecule has 0 fully saturated rings. The van der Waals surface area contributed by atoms with E-state index in [2.05, 4.69) is 16.9 Å². The summed E-state index contributed by atoms with van der Waals surface area (Å²) in [5.41, 5.74) is 1.04. The van der Waals surface area contributed by atoms with Crippen LogP contribution in [0.3, 0.4) is 0 Å². The summed E-state index contributed by atoms with van der Waals surface area (Å²) in [6.07, 6.45) is 2.06. The summed E-state index contributed by atoms with van der Waals surface area (Å²) in [5, 5.41) is 0. The Morgan fingerprint density at radius 2 is 2.00 bits per heavy atom. The Morgan fingerprint density at radius 3 is 2.69 bits per heavy atom. The molecule has 1 N–H and O–H groups in total. The van der Waals surface area contributed by atoms with Gasteiger partial charge in [-0.05, 0) is 6.42 Å². The second-order valence-corrected chi connectivity index (χ2v) is 4.10. The third kappa shape index (κ3) is 1.92. The average Bonchev–Trinajstić information content (AvgIpc) is 2.62. The highest BCUT2D eigenvalue weighted by Crippen LogP contribution is 2.22. The van der Waals surface area contributed by atoms with Gasteiger partial charge in [0.05, 0.1) is 11.0 Å². The first-order valence-electron chi connectivity index (χ1n) is 5.46. The summed E-state index contributed by atoms with van der Waals surface area (Å²) in [6.45, 7) is 4.15. The molecule has 1 aromatic carbocycles. The molecule has 86 valence electrons. The Hall–Kier alpha value is -1.45. The molecule has 2 rings (SSSR count). The fourth-order valence-corrected chi connectivity index (χ4v) is 1.83. The van der Waals surface area contributed by atoms with Crippen LogP contribution in [0.25, 0.3) is 11.0 Å². The van der Waals surface area contributed by atoms with E-state index in [1.54, 1.807) is 0 Å². The van der Waals surface area contributed by atoms with Crippen molar-refractivity contribution in [1.82, 2.24) is 9.97 Å². The molecule has 0 saturated carbocycles. The van der Waals surface area contributed by atoms with Gasteiger partial charge in [-0.25, -0.2) is 13.8 Å². The van der Waals surface area contributed by atoms with Crippen molar-refractivity contribution in [2.24, 2.45) is 0 Å². The van der Waals surface area contributed by atoms with Crippen LogP contribution in [-0.4, -0.2) is 9.97 Å². The van der Waals surface area contributed by atoms with E-state index in [1.165, 1.54) is 0 Å². The number of hydrogen-bond acceptors (Lipinski definition) is 1. The molecule has 0 aliphatic rings. The van der Waals surface area contributed by atoms with Crippen molar-refractivity contribution in [3.8, 4) is 0 Å². The molecule has 0 aliphatic carbocycles. The molecular formula is C12H14F2N2. The average molecular weight is 224 g/mol. The number of benzene rings is 1. The van der Waals surface area contributed by atoms with Crippen molar-refractivity contribution in [2.45, 2.75) is 32.6 Å². The Balaban J connectivity index is 2.43.